The summed E-state index contributed by atoms with van der Waals surface area (Å²) < 4.78 is 1.05. The molecule has 0 saturated heterocycles. The standard InChI is InChI=1S/C15H11BrClN/c1-2-10(9-18)15(17)13-4-3-12-8-14(16)6-5-11(12)7-13/h3-8H,2H2,1H3/b15-10-. The van der Waals surface area contributed by atoms with Crippen molar-refractivity contribution in [2.75, 3.05) is 0 Å². The summed E-state index contributed by atoms with van der Waals surface area (Å²) >= 11 is 9.70. The fourth-order valence-corrected chi connectivity index (χ4v) is 2.48. The largest absolute Gasteiger partial charge is 0.193 e. The summed E-state index contributed by atoms with van der Waals surface area (Å²) in [6, 6.07) is 14.2. The first kappa shape index (κ1) is 13.1. The van der Waals surface area contributed by atoms with E-state index < -0.39 is 0 Å². The zero-order valence-corrected chi connectivity index (χ0v) is 12.2. The second-order valence-electron chi connectivity index (χ2n) is 3.96. The molecule has 0 saturated carbocycles. The lowest BCUT2D eigenvalue weighted by Crippen LogP contribution is -1.84. The molecule has 0 aromatic heterocycles. The minimum absolute atomic E-state index is 0.546. The number of halogens is 2. The van der Waals surface area contributed by atoms with Crippen molar-refractivity contribution in [1.82, 2.24) is 0 Å². The number of rotatable bonds is 2. The van der Waals surface area contributed by atoms with Crippen LogP contribution in [0.1, 0.15) is 18.9 Å². The molecule has 0 unspecified atom stereocenters. The minimum Gasteiger partial charge on any atom is -0.193 e. The van der Waals surface area contributed by atoms with Gasteiger partial charge in [0.25, 0.3) is 0 Å². The quantitative estimate of drug-likeness (QED) is 0.672. The third-order valence-electron chi connectivity index (χ3n) is 2.81. The number of benzene rings is 2. The highest BCUT2D eigenvalue weighted by Crippen LogP contribution is 2.28. The molecule has 0 aliphatic heterocycles. The van der Waals surface area contributed by atoms with Gasteiger partial charge < -0.3 is 0 Å². The Bertz CT molecular complexity index is 668. The van der Waals surface area contributed by atoms with Crippen LogP contribution >= 0.6 is 27.5 Å². The molecule has 0 bridgehead atoms. The van der Waals surface area contributed by atoms with E-state index in [2.05, 4.69) is 28.1 Å². The summed E-state index contributed by atoms with van der Waals surface area (Å²) in [6.07, 6.45) is 0.647. The lowest BCUT2D eigenvalue weighted by Gasteiger charge is -2.05. The number of fused-ring (bicyclic) bond motifs is 1. The fraction of sp³-hybridized carbons (Fsp3) is 0.133. The van der Waals surface area contributed by atoms with E-state index in [4.69, 9.17) is 16.9 Å². The number of allylic oxidation sites excluding steroid dienone is 1. The Kier molecular flexibility index (Phi) is 4.06. The maximum Gasteiger partial charge on any atom is 0.0962 e. The van der Waals surface area contributed by atoms with Crippen LogP contribution in [0.15, 0.2) is 46.4 Å². The van der Waals surface area contributed by atoms with Crippen molar-refractivity contribution < 1.29 is 0 Å². The van der Waals surface area contributed by atoms with Crippen LogP contribution in [0.4, 0.5) is 0 Å². The molecule has 0 atom stereocenters. The van der Waals surface area contributed by atoms with Crippen LogP contribution in [-0.4, -0.2) is 0 Å². The van der Waals surface area contributed by atoms with Gasteiger partial charge in [-0.1, -0.05) is 52.7 Å². The first-order valence-corrected chi connectivity index (χ1v) is 6.81. The van der Waals surface area contributed by atoms with Gasteiger partial charge in [0.1, 0.15) is 0 Å². The molecule has 0 heterocycles. The minimum atomic E-state index is 0.546. The van der Waals surface area contributed by atoms with Gasteiger partial charge in [0.15, 0.2) is 0 Å². The van der Waals surface area contributed by atoms with Gasteiger partial charge in [-0.2, -0.15) is 5.26 Å². The van der Waals surface area contributed by atoms with Crippen LogP contribution in [0.3, 0.4) is 0 Å². The number of hydrogen-bond donors (Lipinski definition) is 0. The van der Waals surface area contributed by atoms with E-state index in [0.717, 1.165) is 20.8 Å². The number of nitrogens with zero attached hydrogens (tertiary/aromatic N) is 1. The number of nitriles is 1. The van der Waals surface area contributed by atoms with Crippen molar-refractivity contribution in [1.29, 1.82) is 5.26 Å². The Labute approximate surface area is 120 Å². The van der Waals surface area contributed by atoms with Crippen LogP contribution in [-0.2, 0) is 0 Å². The van der Waals surface area contributed by atoms with E-state index in [1.54, 1.807) is 0 Å². The molecule has 2 aromatic rings. The lowest BCUT2D eigenvalue weighted by molar-refractivity contribution is 1.16. The molecule has 0 fully saturated rings. The first-order valence-electron chi connectivity index (χ1n) is 5.64. The summed E-state index contributed by atoms with van der Waals surface area (Å²) in [5, 5.41) is 11.8. The maximum absolute atomic E-state index is 9.01. The molecule has 0 N–H and O–H groups in total. The molecule has 0 aliphatic carbocycles. The predicted molar refractivity (Wildman–Crippen MR) is 80.3 cm³/mol. The van der Waals surface area contributed by atoms with Crippen molar-refractivity contribution in [2.24, 2.45) is 0 Å². The zero-order valence-electron chi connectivity index (χ0n) is 9.87. The second kappa shape index (κ2) is 5.56. The molecule has 0 amide bonds. The van der Waals surface area contributed by atoms with Crippen LogP contribution in [0.5, 0.6) is 0 Å². The van der Waals surface area contributed by atoms with Crippen molar-refractivity contribution >= 4 is 43.3 Å². The monoisotopic (exact) mass is 319 g/mol. The fourth-order valence-electron chi connectivity index (χ4n) is 1.81. The lowest BCUT2D eigenvalue weighted by atomic mass is 10.0. The third-order valence-corrected chi connectivity index (χ3v) is 3.75. The van der Waals surface area contributed by atoms with E-state index in [-0.39, 0.29) is 0 Å². The topological polar surface area (TPSA) is 23.8 Å². The van der Waals surface area contributed by atoms with Gasteiger partial charge in [-0.05, 0) is 41.0 Å². The summed E-state index contributed by atoms with van der Waals surface area (Å²) in [5.41, 5.74) is 1.51. The molecule has 18 heavy (non-hydrogen) atoms. The van der Waals surface area contributed by atoms with E-state index in [1.807, 2.05) is 37.3 Å². The average Bonchev–Trinajstić information content (AvgIpc) is 2.39. The Morgan fingerprint density at radius 2 is 1.89 bits per heavy atom. The van der Waals surface area contributed by atoms with Gasteiger partial charge in [-0.3, -0.25) is 0 Å². The zero-order chi connectivity index (χ0) is 13.1. The van der Waals surface area contributed by atoms with Gasteiger partial charge >= 0.3 is 0 Å². The molecule has 1 nitrogen and oxygen atoms in total. The van der Waals surface area contributed by atoms with Gasteiger partial charge in [0.2, 0.25) is 0 Å². The van der Waals surface area contributed by atoms with Crippen molar-refractivity contribution in [2.45, 2.75) is 13.3 Å². The second-order valence-corrected chi connectivity index (χ2v) is 5.26. The van der Waals surface area contributed by atoms with E-state index in [0.29, 0.717) is 17.0 Å². The Balaban J connectivity index is 2.58. The van der Waals surface area contributed by atoms with Gasteiger partial charge in [-0.25, -0.2) is 0 Å². The predicted octanol–water partition coefficient (Wildman–Crippen LogP) is 5.49. The summed E-state index contributed by atoms with van der Waals surface area (Å²) in [4.78, 5) is 0. The van der Waals surface area contributed by atoms with E-state index >= 15 is 0 Å². The first-order chi connectivity index (χ1) is 8.65. The Morgan fingerprint density at radius 3 is 2.56 bits per heavy atom. The summed E-state index contributed by atoms with van der Waals surface area (Å²) in [5.74, 6) is 0. The molecule has 2 aromatic carbocycles. The normalized spacial score (nSPS) is 12.1. The maximum atomic E-state index is 9.01. The highest BCUT2D eigenvalue weighted by molar-refractivity contribution is 9.10. The molecule has 2 rings (SSSR count). The molecule has 3 heteroatoms. The average molecular weight is 321 g/mol. The number of hydrogen-bond acceptors (Lipinski definition) is 1. The van der Waals surface area contributed by atoms with Gasteiger partial charge in [0, 0.05) is 10.0 Å². The van der Waals surface area contributed by atoms with Crippen LogP contribution in [0.25, 0.3) is 15.8 Å². The Morgan fingerprint density at radius 1 is 1.22 bits per heavy atom. The van der Waals surface area contributed by atoms with Crippen molar-refractivity contribution in [3.8, 4) is 6.07 Å². The van der Waals surface area contributed by atoms with Gasteiger partial charge in [-0.15, -0.1) is 0 Å². The summed E-state index contributed by atoms with van der Waals surface area (Å²) in [7, 11) is 0. The van der Waals surface area contributed by atoms with Crippen molar-refractivity contribution in [3.05, 3.63) is 52.0 Å². The Hall–Kier alpha value is -1.30. The molecular weight excluding hydrogens is 310 g/mol. The van der Waals surface area contributed by atoms with E-state index in [9.17, 15) is 0 Å². The van der Waals surface area contributed by atoms with Crippen LogP contribution < -0.4 is 0 Å². The smallest absolute Gasteiger partial charge is 0.0962 e. The SMILES string of the molecule is CC/C(C#N)=C(/Cl)c1ccc2cc(Br)ccc2c1. The highest BCUT2D eigenvalue weighted by atomic mass is 79.9. The molecule has 0 aliphatic rings. The van der Waals surface area contributed by atoms with E-state index in [1.165, 1.54) is 0 Å². The van der Waals surface area contributed by atoms with Crippen LogP contribution in [0, 0.1) is 11.3 Å². The highest BCUT2D eigenvalue weighted by Gasteiger charge is 2.06. The molecule has 0 radical (unpaired) electrons. The molecular formula is C15H11BrClN. The third kappa shape index (κ3) is 2.58. The van der Waals surface area contributed by atoms with Gasteiger partial charge in [0.05, 0.1) is 11.1 Å². The molecule has 90 valence electrons. The van der Waals surface area contributed by atoms with Crippen LogP contribution in [0.2, 0.25) is 0 Å². The summed E-state index contributed by atoms with van der Waals surface area (Å²) in [6.45, 7) is 1.93. The van der Waals surface area contributed by atoms with Crippen molar-refractivity contribution in [3.63, 3.8) is 0 Å². The molecule has 0 spiro atoms.